The van der Waals surface area contributed by atoms with Gasteiger partial charge in [-0.05, 0) is 54.1 Å². The molecule has 1 amide bonds. The van der Waals surface area contributed by atoms with E-state index in [1.54, 1.807) is 35.2 Å². The number of carboxylic acid groups (broad SMARTS) is 1. The fraction of sp³-hybridized carbons (Fsp3) is 0.179. The van der Waals surface area contributed by atoms with Crippen molar-refractivity contribution in [3.05, 3.63) is 99.5 Å². The number of aromatic carboxylic acids is 1. The second kappa shape index (κ2) is 11.6. The molecule has 0 atom stereocenters. The molecule has 1 aliphatic heterocycles. The van der Waals surface area contributed by atoms with Crippen LogP contribution in [0.5, 0.6) is 5.75 Å². The molecular weight excluding hydrogens is 522 g/mol. The summed E-state index contributed by atoms with van der Waals surface area (Å²) in [6.45, 7) is 2.66. The molecule has 1 fully saturated rings. The highest BCUT2D eigenvalue weighted by molar-refractivity contribution is 9.10. The maximum absolute atomic E-state index is 13.2. The third-order valence-corrected chi connectivity index (χ3v) is 6.40. The van der Waals surface area contributed by atoms with Gasteiger partial charge >= 0.3 is 5.97 Å². The number of anilines is 1. The fourth-order valence-corrected chi connectivity index (χ4v) is 4.32. The minimum Gasteiger partial charge on any atom is -0.488 e. The van der Waals surface area contributed by atoms with Crippen LogP contribution < -0.4 is 9.64 Å². The molecule has 182 valence electrons. The molecule has 0 radical (unpaired) electrons. The van der Waals surface area contributed by atoms with Gasteiger partial charge in [-0.2, -0.15) is 5.26 Å². The molecule has 0 aliphatic carbocycles. The molecule has 0 unspecified atom stereocenters. The van der Waals surface area contributed by atoms with Crippen LogP contribution in [0.15, 0.2) is 82.8 Å². The zero-order chi connectivity index (χ0) is 25.5. The number of benzene rings is 3. The van der Waals surface area contributed by atoms with Gasteiger partial charge in [-0.1, -0.05) is 46.3 Å². The molecule has 36 heavy (non-hydrogen) atoms. The van der Waals surface area contributed by atoms with Crippen LogP contribution in [0, 0.1) is 11.3 Å². The van der Waals surface area contributed by atoms with Gasteiger partial charge in [0.25, 0.3) is 5.91 Å². The van der Waals surface area contributed by atoms with E-state index < -0.39 is 5.97 Å². The van der Waals surface area contributed by atoms with Gasteiger partial charge in [0.05, 0.1) is 5.56 Å². The van der Waals surface area contributed by atoms with E-state index in [1.165, 1.54) is 12.1 Å². The van der Waals surface area contributed by atoms with E-state index in [2.05, 4.69) is 26.9 Å². The lowest BCUT2D eigenvalue weighted by molar-refractivity contribution is -0.126. The fourth-order valence-electron chi connectivity index (χ4n) is 3.94. The highest BCUT2D eigenvalue weighted by Gasteiger charge is 2.24. The van der Waals surface area contributed by atoms with Gasteiger partial charge in [-0.25, -0.2) is 4.79 Å². The van der Waals surface area contributed by atoms with Crippen molar-refractivity contribution >= 4 is 39.6 Å². The van der Waals surface area contributed by atoms with Crippen LogP contribution in [0.2, 0.25) is 0 Å². The zero-order valence-corrected chi connectivity index (χ0v) is 21.0. The third kappa shape index (κ3) is 6.12. The first kappa shape index (κ1) is 25.0. The zero-order valence-electron chi connectivity index (χ0n) is 19.4. The molecule has 1 saturated heterocycles. The van der Waals surface area contributed by atoms with Gasteiger partial charge in [0.15, 0.2) is 0 Å². The molecule has 0 saturated carbocycles. The summed E-state index contributed by atoms with van der Waals surface area (Å²) in [4.78, 5) is 28.1. The number of amides is 1. The van der Waals surface area contributed by atoms with Crippen molar-refractivity contribution in [1.82, 2.24) is 4.90 Å². The van der Waals surface area contributed by atoms with Crippen LogP contribution in [0.25, 0.3) is 6.08 Å². The molecular formula is C28H24BrN3O4. The molecule has 8 heteroatoms. The Labute approximate surface area is 218 Å². The molecule has 0 bridgehead atoms. The Hall–Kier alpha value is -4.09. The van der Waals surface area contributed by atoms with E-state index in [0.717, 1.165) is 15.7 Å². The maximum atomic E-state index is 13.2. The Bertz CT molecular complexity index is 1310. The number of carbonyl (C=O) groups is 2. The summed E-state index contributed by atoms with van der Waals surface area (Å²) < 4.78 is 6.74. The quantitative estimate of drug-likeness (QED) is 0.332. The smallest absolute Gasteiger partial charge is 0.335 e. The van der Waals surface area contributed by atoms with Crippen LogP contribution >= 0.6 is 15.9 Å². The number of rotatable bonds is 7. The van der Waals surface area contributed by atoms with Crippen molar-refractivity contribution in [3.8, 4) is 11.8 Å². The van der Waals surface area contributed by atoms with Crippen molar-refractivity contribution in [2.45, 2.75) is 6.61 Å². The normalized spacial score (nSPS) is 13.7. The van der Waals surface area contributed by atoms with Gasteiger partial charge < -0.3 is 19.6 Å². The van der Waals surface area contributed by atoms with Crippen molar-refractivity contribution in [2.24, 2.45) is 0 Å². The number of piperazine rings is 1. The predicted molar refractivity (Wildman–Crippen MR) is 141 cm³/mol. The van der Waals surface area contributed by atoms with Crippen LogP contribution in [0.1, 0.15) is 21.5 Å². The number of ether oxygens (including phenoxy) is 1. The average Bonchev–Trinajstić information content (AvgIpc) is 2.91. The first-order valence-electron chi connectivity index (χ1n) is 11.4. The number of halogens is 1. The first-order chi connectivity index (χ1) is 17.4. The Morgan fingerprint density at radius 1 is 1.00 bits per heavy atom. The lowest BCUT2D eigenvalue weighted by Crippen LogP contribution is -2.49. The molecule has 7 nitrogen and oxygen atoms in total. The SMILES string of the molecule is N#C/C(=C/c1cc(Br)ccc1OCc1ccc(C(=O)O)cc1)C(=O)N1CCN(c2ccccc2)CC1. The number of nitriles is 1. The largest absolute Gasteiger partial charge is 0.488 e. The summed E-state index contributed by atoms with van der Waals surface area (Å²) in [5, 5.41) is 18.8. The molecule has 0 aromatic heterocycles. The Morgan fingerprint density at radius 3 is 2.33 bits per heavy atom. The van der Waals surface area contributed by atoms with E-state index in [1.807, 2.05) is 36.4 Å². The number of nitrogens with zero attached hydrogens (tertiary/aromatic N) is 3. The number of hydrogen-bond acceptors (Lipinski definition) is 5. The summed E-state index contributed by atoms with van der Waals surface area (Å²) in [7, 11) is 0. The molecule has 4 rings (SSSR count). The Kier molecular flexibility index (Phi) is 8.03. The van der Waals surface area contributed by atoms with Gasteiger partial charge in [0.2, 0.25) is 0 Å². The van der Waals surface area contributed by atoms with Crippen LogP contribution in [-0.4, -0.2) is 48.1 Å². The lowest BCUT2D eigenvalue weighted by atomic mass is 10.1. The van der Waals surface area contributed by atoms with Crippen LogP contribution in [0.4, 0.5) is 5.69 Å². The Balaban J connectivity index is 1.46. The van der Waals surface area contributed by atoms with Crippen molar-refractivity contribution in [3.63, 3.8) is 0 Å². The molecule has 3 aromatic rings. The van der Waals surface area contributed by atoms with Crippen molar-refractivity contribution in [1.29, 1.82) is 5.26 Å². The number of para-hydroxylation sites is 1. The molecule has 1 heterocycles. The summed E-state index contributed by atoms with van der Waals surface area (Å²) in [6, 6.07) is 23.9. The van der Waals surface area contributed by atoms with Gasteiger partial charge in [-0.15, -0.1) is 0 Å². The lowest BCUT2D eigenvalue weighted by Gasteiger charge is -2.36. The second-order valence-corrected chi connectivity index (χ2v) is 9.17. The topological polar surface area (TPSA) is 93.9 Å². The van der Waals surface area contributed by atoms with E-state index in [-0.39, 0.29) is 23.7 Å². The summed E-state index contributed by atoms with van der Waals surface area (Å²) in [5.41, 5.74) is 2.75. The van der Waals surface area contributed by atoms with Gasteiger partial charge in [0.1, 0.15) is 24.0 Å². The number of hydrogen-bond donors (Lipinski definition) is 1. The highest BCUT2D eigenvalue weighted by atomic mass is 79.9. The predicted octanol–water partition coefficient (Wildman–Crippen LogP) is 4.98. The summed E-state index contributed by atoms with van der Waals surface area (Å²) in [6.07, 6.45) is 1.56. The minimum absolute atomic E-state index is 0.0388. The second-order valence-electron chi connectivity index (χ2n) is 8.26. The van der Waals surface area contributed by atoms with E-state index in [0.29, 0.717) is 37.5 Å². The van der Waals surface area contributed by atoms with Crippen LogP contribution in [0.3, 0.4) is 0 Å². The minimum atomic E-state index is -0.988. The molecule has 3 aromatic carbocycles. The van der Waals surface area contributed by atoms with Crippen molar-refractivity contribution in [2.75, 3.05) is 31.1 Å². The van der Waals surface area contributed by atoms with Crippen molar-refractivity contribution < 1.29 is 19.4 Å². The standard InChI is InChI=1S/C28H24BrN3O4/c29-24-10-11-26(36-19-20-6-8-21(9-7-20)28(34)35)22(17-24)16-23(18-30)27(33)32-14-12-31(13-15-32)25-4-2-1-3-5-25/h1-11,16-17H,12-15,19H2,(H,34,35)/b23-16-. The summed E-state index contributed by atoms with van der Waals surface area (Å²) >= 11 is 3.44. The Morgan fingerprint density at radius 2 is 1.69 bits per heavy atom. The van der Waals surface area contributed by atoms with E-state index >= 15 is 0 Å². The van der Waals surface area contributed by atoms with E-state index in [4.69, 9.17) is 9.84 Å². The number of carboxylic acids is 1. The number of carbonyl (C=O) groups excluding carboxylic acids is 1. The molecule has 1 aliphatic rings. The van der Waals surface area contributed by atoms with Gasteiger partial charge in [-0.3, -0.25) is 4.79 Å². The third-order valence-electron chi connectivity index (χ3n) is 5.91. The highest BCUT2D eigenvalue weighted by Crippen LogP contribution is 2.27. The molecule has 0 spiro atoms. The average molecular weight is 546 g/mol. The molecule has 1 N–H and O–H groups in total. The van der Waals surface area contributed by atoms with Gasteiger partial charge in [0, 0.05) is 41.9 Å². The maximum Gasteiger partial charge on any atom is 0.335 e. The van der Waals surface area contributed by atoms with E-state index in [9.17, 15) is 14.9 Å². The monoisotopic (exact) mass is 545 g/mol. The van der Waals surface area contributed by atoms with Crippen LogP contribution in [-0.2, 0) is 11.4 Å². The summed E-state index contributed by atoms with van der Waals surface area (Å²) in [5.74, 6) is -0.784. The first-order valence-corrected chi connectivity index (χ1v) is 12.2.